The molecule has 0 bridgehead atoms. The molecule has 0 saturated heterocycles. The van der Waals surface area contributed by atoms with Crippen molar-refractivity contribution in [1.82, 2.24) is 4.98 Å². The summed E-state index contributed by atoms with van der Waals surface area (Å²) in [7, 11) is 0. The summed E-state index contributed by atoms with van der Waals surface area (Å²) >= 11 is 3.34. The first-order valence-corrected chi connectivity index (χ1v) is 5.35. The number of aromatic amines is 1. The van der Waals surface area contributed by atoms with Crippen LogP contribution in [-0.2, 0) is 11.2 Å². The van der Waals surface area contributed by atoms with Gasteiger partial charge in [0.05, 0.1) is 11.0 Å². The molecule has 0 spiro atoms. The number of rotatable bonds is 2. The van der Waals surface area contributed by atoms with Gasteiger partial charge >= 0.3 is 5.97 Å². The number of carboxylic acid groups (broad SMARTS) is 1. The van der Waals surface area contributed by atoms with E-state index < -0.39 is 5.97 Å². The highest BCUT2D eigenvalue weighted by atomic mass is 79.9. The number of H-pyrrole nitrogens is 1. The molecule has 3 nitrogen and oxygen atoms in total. The Hall–Kier alpha value is -1.29. The van der Waals surface area contributed by atoms with Gasteiger partial charge in [-0.25, -0.2) is 0 Å². The van der Waals surface area contributed by atoms with Crippen LogP contribution in [0.4, 0.5) is 0 Å². The maximum atomic E-state index is 10.7. The van der Waals surface area contributed by atoms with Crippen molar-refractivity contribution in [1.29, 1.82) is 0 Å². The minimum atomic E-state index is -0.821. The van der Waals surface area contributed by atoms with E-state index in [1.54, 1.807) is 0 Å². The highest BCUT2D eigenvalue weighted by molar-refractivity contribution is 9.10. The van der Waals surface area contributed by atoms with E-state index in [9.17, 15) is 4.79 Å². The molecule has 1 aromatic carbocycles. The predicted octanol–water partition coefficient (Wildman–Crippen LogP) is 2.87. The maximum absolute atomic E-state index is 10.7. The monoisotopic (exact) mass is 267 g/mol. The van der Waals surface area contributed by atoms with Crippen LogP contribution in [0.15, 0.2) is 22.8 Å². The molecule has 0 atom stereocenters. The van der Waals surface area contributed by atoms with E-state index in [-0.39, 0.29) is 6.42 Å². The third-order valence-electron chi connectivity index (χ3n) is 2.34. The van der Waals surface area contributed by atoms with E-state index in [0.717, 1.165) is 26.6 Å². The summed E-state index contributed by atoms with van der Waals surface area (Å²) in [5.74, 6) is -0.821. The largest absolute Gasteiger partial charge is 0.481 e. The molecule has 0 aliphatic carbocycles. The normalized spacial score (nSPS) is 10.8. The first kappa shape index (κ1) is 10.2. The SMILES string of the molecule is Cc1ccc2[nH]c(Br)c(CC(=O)O)c2c1. The van der Waals surface area contributed by atoms with Crippen molar-refractivity contribution < 1.29 is 9.90 Å². The average Bonchev–Trinajstić information content (AvgIpc) is 2.43. The minimum absolute atomic E-state index is 0.0318. The molecule has 2 N–H and O–H groups in total. The second-order valence-corrected chi connectivity index (χ2v) is 4.33. The summed E-state index contributed by atoms with van der Waals surface area (Å²) in [6, 6.07) is 5.95. The Morgan fingerprint density at radius 2 is 2.27 bits per heavy atom. The molecular formula is C11H10BrNO2. The van der Waals surface area contributed by atoms with Gasteiger partial charge in [-0.15, -0.1) is 0 Å². The molecule has 0 radical (unpaired) electrons. The van der Waals surface area contributed by atoms with Crippen LogP contribution < -0.4 is 0 Å². The molecule has 0 unspecified atom stereocenters. The molecule has 78 valence electrons. The number of halogens is 1. The number of aliphatic carboxylic acids is 1. The predicted molar refractivity (Wildman–Crippen MR) is 62.1 cm³/mol. The summed E-state index contributed by atoms with van der Waals surface area (Å²) in [5, 5.41) is 9.78. The highest BCUT2D eigenvalue weighted by Gasteiger charge is 2.12. The first-order valence-electron chi connectivity index (χ1n) is 4.56. The zero-order valence-electron chi connectivity index (χ0n) is 8.17. The van der Waals surface area contributed by atoms with Gasteiger partial charge in [0.15, 0.2) is 0 Å². The average molecular weight is 268 g/mol. The Kier molecular flexibility index (Phi) is 2.52. The van der Waals surface area contributed by atoms with Crippen molar-refractivity contribution in [2.75, 3.05) is 0 Å². The van der Waals surface area contributed by atoms with Crippen LogP contribution in [-0.4, -0.2) is 16.1 Å². The Labute approximate surface area is 95.2 Å². The van der Waals surface area contributed by atoms with Crippen molar-refractivity contribution in [3.63, 3.8) is 0 Å². The number of fused-ring (bicyclic) bond motifs is 1. The summed E-state index contributed by atoms with van der Waals surface area (Å²) in [5.41, 5.74) is 2.89. The van der Waals surface area contributed by atoms with Crippen molar-refractivity contribution >= 4 is 32.8 Å². The van der Waals surface area contributed by atoms with Crippen LogP contribution in [0.5, 0.6) is 0 Å². The number of aromatic nitrogens is 1. The van der Waals surface area contributed by atoms with Gasteiger partial charge in [-0.1, -0.05) is 11.6 Å². The summed E-state index contributed by atoms with van der Waals surface area (Å²) < 4.78 is 0.755. The van der Waals surface area contributed by atoms with Crippen LogP contribution >= 0.6 is 15.9 Å². The van der Waals surface area contributed by atoms with E-state index in [0.29, 0.717) is 0 Å². The van der Waals surface area contributed by atoms with Gasteiger partial charge in [-0.2, -0.15) is 0 Å². The summed E-state index contributed by atoms with van der Waals surface area (Å²) in [4.78, 5) is 13.8. The van der Waals surface area contributed by atoms with Gasteiger partial charge in [-0.3, -0.25) is 4.79 Å². The molecule has 0 saturated carbocycles. The number of carbonyl (C=O) groups is 1. The molecule has 0 fully saturated rings. The number of nitrogens with one attached hydrogen (secondary N) is 1. The van der Waals surface area contributed by atoms with E-state index >= 15 is 0 Å². The van der Waals surface area contributed by atoms with Crippen LogP contribution in [0.25, 0.3) is 10.9 Å². The lowest BCUT2D eigenvalue weighted by Gasteiger charge is -1.97. The Balaban J connectivity index is 2.65. The molecule has 2 aromatic rings. The third kappa shape index (κ3) is 1.90. The van der Waals surface area contributed by atoms with Crippen LogP contribution in [0, 0.1) is 6.92 Å². The van der Waals surface area contributed by atoms with Gasteiger partial charge in [-0.05, 0) is 35.0 Å². The molecule has 2 rings (SSSR count). The fraction of sp³-hybridized carbons (Fsp3) is 0.182. The molecule has 15 heavy (non-hydrogen) atoms. The lowest BCUT2D eigenvalue weighted by atomic mass is 10.1. The zero-order chi connectivity index (χ0) is 11.0. The van der Waals surface area contributed by atoms with Crippen molar-refractivity contribution in [3.8, 4) is 0 Å². The van der Waals surface area contributed by atoms with E-state index in [1.165, 1.54) is 0 Å². The molecule has 0 aliphatic rings. The van der Waals surface area contributed by atoms with Crippen LogP contribution in [0.2, 0.25) is 0 Å². The maximum Gasteiger partial charge on any atom is 0.307 e. The fourth-order valence-electron chi connectivity index (χ4n) is 1.65. The number of aryl methyl sites for hydroxylation is 1. The van der Waals surface area contributed by atoms with Crippen LogP contribution in [0.1, 0.15) is 11.1 Å². The number of hydrogen-bond acceptors (Lipinski definition) is 1. The first-order chi connectivity index (χ1) is 7.08. The van der Waals surface area contributed by atoms with Crippen LogP contribution in [0.3, 0.4) is 0 Å². The molecule has 0 amide bonds. The third-order valence-corrected chi connectivity index (χ3v) is 3.01. The second-order valence-electron chi connectivity index (χ2n) is 3.54. The Morgan fingerprint density at radius 3 is 2.93 bits per heavy atom. The molecule has 1 aromatic heterocycles. The second kappa shape index (κ2) is 3.70. The van der Waals surface area contributed by atoms with Crippen molar-refractivity contribution in [2.24, 2.45) is 0 Å². The van der Waals surface area contributed by atoms with Gasteiger partial charge in [0.2, 0.25) is 0 Å². The van der Waals surface area contributed by atoms with Crippen molar-refractivity contribution in [3.05, 3.63) is 33.9 Å². The summed E-state index contributed by atoms with van der Waals surface area (Å²) in [6.45, 7) is 1.99. The van der Waals surface area contributed by atoms with Crippen molar-refractivity contribution in [2.45, 2.75) is 13.3 Å². The number of hydrogen-bond donors (Lipinski definition) is 2. The Bertz CT molecular complexity index is 531. The van der Waals surface area contributed by atoms with E-state index in [1.807, 2.05) is 25.1 Å². The lowest BCUT2D eigenvalue weighted by molar-refractivity contribution is -0.136. The zero-order valence-corrected chi connectivity index (χ0v) is 9.76. The van der Waals surface area contributed by atoms with Gasteiger partial charge in [0.25, 0.3) is 0 Å². The molecule has 4 heteroatoms. The smallest absolute Gasteiger partial charge is 0.307 e. The standard InChI is InChI=1S/C11H10BrNO2/c1-6-2-3-9-7(4-6)8(5-10(14)15)11(12)13-9/h2-4,13H,5H2,1H3,(H,14,15). The highest BCUT2D eigenvalue weighted by Crippen LogP contribution is 2.27. The molecule has 0 aliphatic heterocycles. The number of benzene rings is 1. The quantitative estimate of drug-likeness (QED) is 0.879. The number of carboxylic acids is 1. The molecular weight excluding hydrogens is 258 g/mol. The van der Waals surface area contributed by atoms with Gasteiger partial charge in [0, 0.05) is 16.5 Å². The molecule has 1 heterocycles. The summed E-state index contributed by atoms with van der Waals surface area (Å²) in [6.07, 6.45) is 0.0318. The van der Waals surface area contributed by atoms with Gasteiger partial charge in [0.1, 0.15) is 0 Å². The van der Waals surface area contributed by atoms with E-state index in [2.05, 4.69) is 20.9 Å². The van der Waals surface area contributed by atoms with Gasteiger partial charge < -0.3 is 10.1 Å². The fourth-order valence-corrected chi connectivity index (χ4v) is 2.22. The Morgan fingerprint density at radius 1 is 1.53 bits per heavy atom. The lowest BCUT2D eigenvalue weighted by Crippen LogP contribution is -1.99. The minimum Gasteiger partial charge on any atom is -0.481 e. The van der Waals surface area contributed by atoms with E-state index in [4.69, 9.17) is 5.11 Å². The topological polar surface area (TPSA) is 53.1 Å².